The largest absolute Gasteiger partial charge is 0.378 e. The van der Waals surface area contributed by atoms with Gasteiger partial charge in [0.25, 0.3) is 0 Å². The zero-order valence-corrected chi connectivity index (χ0v) is 11.6. The van der Waals surface area contributed by atoms with E-state index in [4.69, 9.17) is 30.4 Å². The van der Waals surface area contributed by atoms with E-state index in [1.807, 2.05) is 0 Å². The highest BCUT2D eigenvalue weighted by Crippen LogP contribution is 1.93. The fourth-order valence-electron chi connectivity index (χ4n) is 1.19. The number of carbonyl (C=O) groups excluding carboxylic acids is 2. The van der Waals surface area contributed by atoms with Crippen LogP contribution >= 0.6 is 0 Å². The molecule has 8 nitrogen and oxygen atoms in total. The average Bonchev–Trinajstić information content (AvgIpc) is 2.46. The van der Waals surface area contributed by atoms with Gasteiger partial charge in [-0.3, -0.25) is 9.59 Å². The molecule has 4 N–H and O–H groups in total. The molecule has 0 heterocycles. The third kappa shape index (κ3) is 11.0. The number of rotatable bonds is 15. The summed E-state index contributed by atoms with van der Waals surface area (Å²) in [5.74, 6) is -0.433. The molecular formula is C12H24N2O6. The summed E-state index contributed by atoms with van der Waals surface area (Å²) in [6, 6.07) is 0. The molecule has 20 heavy (non-hydrogen) atoms. The van der Waals surface area contributed by atoms with Crippen molar-refractivity contribution in [2.75, 3.05) is 59.3 Å². The second-order valence-electron chi connectivity index (χ2n) is 3.75. The van der Waals surface area contributed by atoms with Crippen LogP contribution in [0.5, 0.6) is 0 Å². The molecule has 8 heteroatoms. The average molecular weight is 292 g/mol. The summed E-state index contributed by atoms with van der Waals surface area (Å²) in [6.07, 6.45) is -0.680. The van der Waals surface area contributed by atoms with E-state index in [1.165, 1.54) is 0 Å². The Hall–Kier alpha value is -0.900. The second kappa shape index (κ2) is 14.5. The van der Waals surface area contributed by atoms with Crippen LogP contribution in [0.15, 0.2) is 0 Å². The molecule has 0 aromatic rings. The van der Waals surface area contributed by atoms with Gasteiger partial charge in [0.15, 0.2) is 18.2 Å². The standard InChI is InChI=1S/C12H24N2O6/c13-1-3-17-5-6-19-10-11(16)12(9-15)20-8-7-18-4-2-14/h9,12H,1-8,10,13-14H2. The lowest BCUT2D eigenvalue weighted by Gasteiger charge is -2.11. The lowest BCUT2D eigenvalue weighted by Crippen LogP contribution is -2.31. The first-order valence-electron chi connectivity index (χ1n) is 6.49. The Morgan fingerprint density at radius 1 is 0.900 bits per heavy atom. The zero-order chi connectivity index (χ0) is 15.1. The van der Waals surface area contributed by atoms with E-state index in [1.54, 1.807) is 0 Å². The molecule has 0 fully saturated rings. The summed E-state index contributed by atoms with van der Waals surface area (Å²) >= 11 is 0. The molecule has 1 unspecified atom stereocenters. The van der Waals surface area contributed by atoms with E-state index in [0.29, 0.717) is 39.2 Å². The lowest BCUT2D eigenvalue weighted by molar-refractivity contribution is -0.141. The maximum atomic E-state index is 11.6. The summed E-state index contributed by atoms with van der Waals surface area (Å²) in [5, 5.41) is 0. The van der Waals surface area contributed by atoms with Crippen LogP contribution in [-0.2, 0) is 28.5 Å². The monoisotopic (exact) mass is 292 g/mol. The molecule has 0 aromatic carbocycles. The van der Waals surface area contributed by atoms with Crippen molar-refractivity contribution in [3.05, 3.63) is 0 Å². The van der Waals surface area contributed by atoms with Crippen molar-refractivity contribution >= 4 is 12.1 Å². The number of hydrogen-bond donors (Lipinski definition) is 2. The van der Waals surface area contributed by atoms with Gasteiger partial charge < -0.3 is 30.4 Å². The Labute approximate surface area is 118 Å². The van der Waals surface area contributed by atoms with Crippen LogP contribution in [0, 0.1) is 0 Å². The smallest absolute Gasteiger partial charge is 0.194 e. The quantitative estimate of drug-likeness (QED) is 0.204. The van der Waals surface area contributed by atoms with Crippen LogP contribution < -0.4 is 11.5 Å². The molecule has 0 saturated heterocycles. The van der Waals surface area contributed by atoms with Crippen LogP contribution in [-0.4, -0.2) is 77.5 Å². The van der Waals surface area contributed by atoms with Crippen molar-refractivity contribution in [3.63, 3.8) is 0 Å². The van der Waals surface area contributed by atoms with Gasteiger partial charge in [0.05, 0.1) is 39.6 Å². The predicted octanol–water partition coefficient (Wildman–Crippen LogP) is -1.89. The highest BCUT2D eigenvalue weighted by atomic mass is 16.5. The molecule has 0 spiro atoms. The number of hydrogen-bond acceptors (Lipinski definition) is 8. The van der Waals surface area contributed by atoms with Crippen molar-refractivity contribution in [2.45, 2.75) is 6.10 Å². The number of Topliss-reactive ketones (excluding diaryl/α,β-unsaturated/α-hetero) is 1. The van der Waals surface area contributed by atoms with Crippen molar-refractivity contribution in [1.29, 1.82) is 0 Å². The van der Waals surface area contributed by atoms with Gasteiger partial charge in [-0.1, -0.05) is 0 Å². The zero-order valence-electron chi connectivity index (χ0n) is 11.6. The fraction of sp³-hybridized carbons (Fsp3) is 0.833. The summed E-state index contributed by atoms with van der Waals surface area (Å²) in [7, 11) is 0. The second-order valence-corrected chi connectivity index (χ2v) is 3.75. The minimum atomic E-state index is -1.12. The SMILES string of the molecule is NCCOCCOCC(=O)C(C=O)OCCOCCN. The number of ketones is 1. The topological polar surface area (TPSA) is 123 Å². The third-order valence-electron chi connectivity index (χ3n) is 2.11. The maximum absolute atomic E-state index is 11.6. The van der Waals surface area contributed by atoms with E-state index in [9.17, 15) is 9.59 Å². The van der Waals surface area contributed by atoms with Crippen LogP contribution in [0.2, 0.25) is 0 Å². The van der Waals surface area contributed by atoms with Gasteiger partial charge in [-0.25, -0.2) is 0 Å². The minimum Gasteiger partial charge on any atom is -0.378 e. The highest BCUT2D eigenvalue weighted by Gasteiger charge is 2.17. The number of aldehydes is 1. The first-order chi connectivity index (χ1) is 9.76. The van der Waals surface area contributed by atoms with Crippen LogP contribution in [0.25, 0.3) is 0 Å². The number of ether oxygens (including phenoxy) is 4. The Morgan fingerprint density at radius 3 is 2.00 bits per heavy atom. The van der Waals surface area contributed by atoms with Gasteiger partial charge in [0, 0.05) is 13.1 Å². The van der Waals surface area contributed by atoms with Crippen molar-refractivity contribution in [1.82, 2.24) is 0 Å². The molecular weight excluding hydrogens is 268 g/mol. The Bertz CT molecular complexity index is 252. The molecule has 0 aliphatic heterocycles. The van der Waals surface area contributed by atoms with Gasteiger partial charge in [0.1, 0.15) is 6.61 Å². The Kier molecular flexibility index (Phi) is 13.9. The summed E-state index contributed by atoms with van der Waals surface area (Å²) in [4.78, 5) is 22.3. The summed E-state index contributed by atoms with van der Waals surface area (Å²) in [5.41, 5.74) is 10.5. The van der Waals surface area contributed by atoms with Gasteiger partial charge in [-0.05, 0) is 0 Å². The molecule has 0 bridgehead atoms. The molecule has 0 amide bonds. The van der Waals surface area contributed by atoms with Gasteiger partial charge >= 0.3 is 0 Å². The third-order valence-corrected chi connectivity index (χ3v) is 2.11. The molecule has 0 saturated carbocycles. The van der Waals surface area contributed by atoms with E-state index >= 15 is 0 Å². The minimum absolute atomic E-state index is 0.148. The molecule has 1 atom stereocenters. The highest BCUT2D eigenvalue weighted by molar-refractivity contribution is 5.96. The van der Waals surface area contributed by atoms with Crippen LogP contribution in [0.4, 0.5) is 0 Å². The normalized spacial score (nSPS) is 12.3. The van der Waals surface area contributed by atoms with E-state index < -0.39 is 11.9 Å². The Balaban J connectivity index is 3.61. The Morgan fingerprint density at radius 2 is 1.45 bits per heavy atom. The van der Waals surface area contributed by atoms with Crippen LogP contribution in [0.1, 0.15) is 0 Å². The van der Waals surface area contributed by atoms with Crippen molar-refractivity contribution in [3.8, 4) is 0 Å². The number of carbonyl (C=O) groups is 2. The van der Waals surface area contributed by atoms with Crippen molar-refractivity contribution in [2.24, 2.45) is 11.5 Å². The fourth-order valence-corrected chi connectivity index (χ4v) is 1.19. The molecule has 0 aromatic heterocycles. The van der Waals surface area contributed by atoms with Gasteiger partial charge in [-0.2, -0.15) is 0 Å². The van der Waals surface area contributed by atoms with E-state index in [0.717, 1.165) is 0 Å². The molecule has 118 valence electrons. The first-order valence-corrected chi connectivity index (χ1v) is 6.49. The maximum Gasteiger partial charge on any atom is 0.194 e. The van der Waals surface area contributed by atoms with Crippen LogP contribution in [0.3, 0.4) is 0 Å². The predicted molar refractivity (Wildman–Crippen MR) is 71.4 cm³/mol. The van der Waals surface area contributed by atoms with E-state index in [-0.39, 0.29) is 26.4 Å². The van der Waals surface area contributed by atoms with Crippen molar-refractivity contribution < 1.29 is 28.5 Å². The van der Waals surface area contributed by atoms with Gasteiger partial charge in [0.2, 0.25) is 0 Å². The van der Waals surface area contributed by atoms with Gasteiger partial charge in [-0.15, -0.1) is 0 Å². The number of nitrogens with two attached hydrogens (primary N) is 2. The molecule has 0 aliphatic carbocycles. The van der Waals surface area contributed by atoms with E-state index in [2.05, 4.69) is 0 Å². The lowest BCUT2D eigenvalue weighted by atomic mass is 10.2. The summed E-state index contributed by atoms with van der Waals surface area (Å²) in [6.45, 7) is 2.55. The molecule has 0 radical (unpaired) electrons. The first kappa shape index (κ1) is 19.1. The summed E-state index contributed by atoms with van der Waals surface area (Å²) < 4.78 is 20.3. The molecule has 0 rings (SSSR count). The molecule has 0 aliphatic rings.